The zero-order valence-electron chi connectivity index (χ0n) is 11.5. The van der Waals surface area contributed by atoms with Gasteiger partial charge in [-0.2, -0.15) is 0 Å². The van der Waals surface area contributed by atoms with Gasteiger partial charge in [-0.3, -0.25) is 4.72 Å². The van der Waals surface area contributed by atoms with E-state index < -0.39 is 10.0 Å². The van der Waals surface area contributed by atoms with Crippen molar-refractivity contribution in [2.45, 2.75) is 24.7 Å². The smallest absolute Gasteiger partial charge is 0.261 e. The Bertz CT molecular complexity index is 746. The van der Waals surface area contributed by atoms with Crippen LogP contribution in [0.5, 0.6) is 0 Å². The van der Waals surface area contributed by atoms with Crippen LogP contribution in [0.15, 0.2) is 45.9 Å². The second-order valence-corrected chi connectivity index (χ2v) is 7.78. The second-order valence-electron chi connectivity index (χ2n) is 4.82. The summed E-state index contributed by atoms with van der Waals surface area (Å²) in [6.07, 6.45) is 1.50. The average Bonchev–Trinajstić information content (AvgIpc) is 2.43. The van der Waals surface area contributed by atoms with Crippen molar-refractivity contribution in [2.75, 3.05) is 4.72 Å². The zero-order valence-corrected chi connectivity index (χ0v) is 14.6. The molecule has 0 amide bonds. The second kappa shape index (κ2) is 6.34. The number of hydrogen-bond donors (Lipinski definition) is 1. The van der Waals surface area contributed by atoms with Crippen molar-refractivity contribution in [2.24, 2.45) is 0 Å². The lowest BCUT2D eigenvalue weighted by Gasteiger charge is -2.11. The van der Waals surface area contributed by atoms with Gasteiger partial charge >= 0.3 is 0 Å². The first-order chi connectivity index (χ1) is 9.79. The lowest BCUT2D eigenvalue weighted by atomic mass is 10.0. The molecule has 0 fully saturated rings. The first-order valence-corrected chi connectivity index (χ1v) is 8.89. The Morgan fingerprint density at radius 1 is 1.24 bits per heavy atom. The summed E-state index contributed by atoms with van der Waals surface area (Å²) < 4.78 is 27.7. The maximum Gasteiger partial charge on any atom is 0.261 e. The molecule has 0 unspecified atom stereocenters. The molecule has 0 bridgehead atoms. The number of pyridine rings is 1. The van der Waals surface area contributed by atoms with Crippen LogP contribution in [0.2, 0.25) is 5.15 Å². The van der Waals surface area contributed by atoms with Gasteiger partial charge in [-0.25, -0.2) is 13.4 Å². The fourth-order valence-corrected chi connectivity index (χ4v) is 3.32. The molecule has 0 saturated heterocycles. The van der Waals surface area contributed by atoms with E-state index in [1.807, 2.05) is 0 Å². The quantitative estimate of drug-likeness (QED) is 0.787. The first-order valence-electron chi connectivity index (χ1n) is 6.23. The molecule has 1 aromatic heterocycles. The van der Waals surface area contributed by atoms with Crippen LogP contribution in [0.4, 0.5) is 5.69 Å². The summed E-state index contributed by atoms with van der Waals surface area (Å²) in [7, 11) is -3.69. The van der Waals surface area contributed by atoms with Crippen LogP contribution in [-0.2, 0) is 10.0 Å². The van der Waals surface area contributed by atoms with E-state index in [1.165, 1.54) is 6.20 Å². The lowest BCUT2D eigenvalue weighted by Crippen LogP contribution is -2.13. The van der Waals surface area contributed by atoms with Gasteiger partial charge in [0, 0.05) is 10.7 Å². The molecule has 1 aromatic carbocycles. The monoisotopic (exact) mass is 388 g/mol. The number of nitrogens with zero attached hydrogens (tertiary/aromatic N) is 1. The fraction of sp³-hybridized carbons (Fsp3) is 0.214. The molecule has 0 radical (unpaired) electrons. The zero-order chi connectivity index (χ0) is 15.6. The average molecular weight is 390 g/mol. The van der Waals surface area contributed by atoms with Crippen molar-refractivity contribution in [3.63, 3.8) is 0 Å². The Kier molecular flexibility index (Phi) is 4.91. The molecule has 0 spiro atoms. The highest BCUT2D eigenvalue weighted by Gasteiger charge is 2.16. The molecule has 4 nitrogen and oxygen atoms in total. The van der Waals surface area contributed by atoms with Crippen molar-refractivity contribution in [3.05, 3.63) is 51.7 Å². The molecular weight excluding hydrogens is 376 g/mol. The number of sulfonamides is 1. The summed E-state index contributed by atoms with van der Waals surface area (Å²) >= 11 is 9.13. The van der Waals surface area contributed by atoms with Gasteiger partial charge in [0.25, 0.3) is 10.0 Å². The SMILES string of the molecule is CC(C)c1ccc(S(=O)(=O)Nc2cc(Br)cnc2Cl)cc1. The number of hydrogen-bond acceptors (Lipinski definition) is 3. The molecule has 0 atom stereocenters. The number of anilines is 1. The molecule has 0 saturated carbocycles. The topological polar surface area (TPSA) is 59.1 Å². The predicted molar refractivity (Wildman–Crippen MR) is 88.3 cm³/mol. The Hall–Kier alpha value is -1.11. The van der Waals surface area contributed by atoms with Crippen LogP contribution in [0.3, 0.4) is 0 Å². The molecule has 1 heterocycles. The minimum atomic E-state index is -3.69. The van der Waals surface area contributed by atoms with Gasteiger partial charge in [-0.15, -0.1) is 0 Å². The third-order valence-corrected chi connectivity index (χ3v) is 5.02. The molecule has 0 aliphatic carbocycles. The van der Waals surface area contributed by atoms with Crippen LogP contribution < -0.4 is 4.72 Å². The number of nitrogens with one attached hydrogen (secondary N) is 1. The molecule has 2 aromatic rings. The van der Waals surface area contributed by atoms with Crippen LogP contribution in [0.25, 0.3) is 0 Å². The predicted octanol–water partition coefficient (Wildman–Crippen LogP) is 4.42. The summed E-state index contributed by atoms with van der Waals surface area (Å²) in [5.74, 6) is 0.346. The highest BCUT2D eigenvalue weighted by atomic mass is 79.9. The normalized spacial score (nSPS) is 11.7. The molecule has 112 valence electrons. The lowest BCUT2D eigenvalue weighted by molar-refractivity contribution is 0.601. The number of benzene rings is 1. The van der Waals surface area contributed by atoms with Gasteiger partial charge in [-0.1, -0.05) is 37.6 Å². The van der Waals surface area contributed by atoms with Crippen molar-refractivity contribution < 1.29 is 8.42 Å². The third-order valence-electron chi connectivity index (χ3n) is 2.91. The summed E-state index contributed by atoms with van der Waals surface area (Å²) in [6, 6.07) is 8.34. The van der Waals surface area contributed by atoms with Crippen molar-refractivity contribution in [1.82, 2.24) is 4.98 Å². The maximum atomic E-state index is 12.3. The number of halogens is 2. The standard InChI is InChI=1S/C14H14BrClN2O2S/c1-9(2)10-3-5-12(6-4-10)21(19,20)18-13-7-11(15)8-17-14(13)16/h3-9,18H,1-2H3. The van der Waals surface area contributed by atoms with E-state index >= 15 is 0 Å². The minimum absolute atomic E-state index is 0.0978. The molecular formula is C14H14BrClN2O2S. The minimum Gasteiger partial charge on any atom is -0.276 e. The van der Waals surface area contributed by atoms with E-state index in [9.17, 15) is 8.42 Å². The summed E-state index contributed by atoms with van der Waals surface area (Å²) in [5, 5.41) is 0.0978. The number of rotatable bonds is 4. The van der Waals surface area contributed by atoms with Crippen LogP contribution in [0, 0.1) is 0 Å². The Balaban J connectivity index is 2.31. The van der Waals surface area contributed by atoms with Gasteiger partial charge < -0.3 is 0 Å². The van der Waals surface area contributed by atoms with Gasteiger partial charge in [0.15, 0.2) is 5.15 Å². The Morgan fingerprint density at radius 2 is 1.86 bits per heavy atom. The van der Waals surface area contributed by atoms with Gasteiger partial charge in [0.05, 0.1) is 10.6 Å². The van der Waals surface area contributed by atoms with Gasteiger partial charge in [0.2, 0.25) is 0 Å². The van der Waals surface area contributed by atoms with E-state index in [0.29, 0.717) is 10.4 Å². The van der Waals surface area contributed by atoms with Crippen molar-refractivity contribution >= 4 is 43.2 Å². The molecule has 7 heteroatoms. The van der Waals surface area contributed by atoms with E-state index in [0.717, 1.165) is 5.56 Å². The van der Waals surface area contributed by atoms with Gasteiger partial charge in [-0.05, 0) is 45.6 Å². The number of aromatic nitrogens is 1. The van der Waals surface area contributed by atoms with E-state index in [1.54, 1.807) is 30.3 Å². The van der Waals surface area contributed by atoms with Crippen LogP contribution in [0.1, 0.15) is 25.3 Å². The molecule has 0 aliphatic rings. The van der Waals surface area contributed by atoms with E-state index in [4.69, 9.17) is 11.6 Å². The molecule has 0 aliphatic heterocycles. The van der Waals surface area contributed by atoms with Crippen LogP contribution >= 0.6 is 27.5 Å². The van der Waals surface area contributed by atoms with E-state index in [2.05, 4.69) is 39.5 Å². The van der Waals surface area contributed by atoms with Gasteiger partial charge in [0.1, 0.15) is 0 Å². The third kappa shape index (κ3) is 3.96. The van der Waals surface area contributed by atoms with Crippen LogP contribution in [-0.4, -0.2) is 13.4 Å². The largest absolute Gasteiger partial charge is 0.276 e. The summed E-state index contributed by atoms with van der Waals surface area (Å²) in [5.41, 5.74) is 1.31. The highest BCUT2D eigenvalue weighted by Crippen LogP contribution is 2.26. The maximum absolute atomic E-state index is 12.3. The summed E-state index contributed by atoms with van der Waals surface area (Å²) in [6.45, 7) is 4.10. The molecule has 2 rings (SSSR count). The molecule has 21 heavy (non-hydrogen) atoms. The van der Waals surface area contributed by atoms with E-state index in [-0.39, 0.29) is 15.7 Å². The summed E-state index contributed by atoms with van der Waals surface area (Å²) in [4.78, 5) is 4.07. The fourth-order valence-electron chi connectivity index (χ4n) is 1.73. The highest BCUT2D eigenvalue weighted by molar-refractivity contribution is 9.10. The molecule has 1 N–H and O–H groups in total. The van der Waals surface area contributed by atoms with Crippen molar-refractivity contribution in [1.29, 1.82) is 0 Å². The first kappa shape index (κ1) is 16.3. The van der Waals surface area contributed by atoms with Crippen molar-refractivity contribution in [3.8, 4) is 0 Å². The Labute approximate surface area is 137 Å². The Morgan fingerprint density at radius 3 is 2.43 bits per heavy atom.